The van der Waals surface area contributed by atoms with Crippen LogP contribution in [0.25, 0.3) is 0 Å². The molecule has 1 heterocycles. The predicted molar refractivity (Wildman–Crippen MR) is 88.8 cm³/mol. The molecule has 128 valence electrons. The van der Waals surface area contributed by atoms with Gasteiger partial charge in [-0.15, -0.1) is 0 Å². The largest absolute Gasteiger partial charge is 0.369 e. The van der Waals surface area contributed by atoms with Crippen LogP contribution in [0.1, 0.15) is 62.5 Å². The van der Waals surface area contributed by atoms with Crippen LogP contribution >= 0.6 is 0 Å². The first-order valence-corrected chi connectivity index (χ1v) is 8.57. The van der Waals surface area contributed by atoms with Crippen LogP contribution in [0.3, 0.4) is 0 Å². The van der Waals surface area contributed by atoms with Crippen molar-refractivity contribution in [2.24, 2.45) is 17.6 Å². The van der Waals surface area contributed by atoms with Gasteiger partial charge in [-0.05, 0) is 31.6 Å². The molecular formula is C17H28N4O2. The highest BCUT2D eigenvalue weighted by Gasteiger charge is 2.27. The van der Waals surface area contributed by atoms with Gasteiger partial charge in [-0.1, -0.05) is 27.2 Å². The van der Waals surface area contributed by atoms with E-state index in [1.807, 2.05) is 11.6 Å². The monoisotopic (exact) mass is 320 g/mol. The molecule has 1 aliphatic rings. The average molecular weight is 320 g/mol. The van der Waals surface area contributed by atoms with Crippen molar-refractivity contribution in [1.29, 1.82) is 0 Å². The molecule has 1 saturated carbocycles. The molecule has 2 unspecified atom stereocenters. The third-order valence-electron chi connectivity index (χ3n) is 4.48. The first kappa shape index (κ1) is 17.5. The lowest BCUT2D eigenvalue weighted by Gasteiger charge is -2.27. The summed E-state index contributed by atoms with van der Waals surface area (Å²) in [5.41, 5.74) is 7.02. The Balaban J connectivity index is 2.05. The van der Waals surface area contributed by atoms with E-state index >= 15 is 0 Å². The smallest absolute Gasteiger partial charge is 0.254 e. The highest BCUT2D eigenvalue weighted by molar-refractivity contribution is 5.95. The van der Waals surface area contributed by atoms with Crippen molar-refractivity contribution in [3.8, 4) is 0 Å². The predicted octanol–water partition coefficient (Wildman–Crippen LogP) is 1.88. The summed E-state index contributed by atoms with van der Waals surface area (Å²) in [4.78, 5) is 23.9. The molecule has 0 aromatic carbocycles. The molecule has 0 saturated heterocycles. The Kier molecular flexibility index (Phi) is 5.80. The third kappa shape index (κ3) is 4.33. The number of nitrogens with zero attached hydrogens (tertiary/aromatic N) is 2. The van der Waals surface area contributed by atoms with Gasteiger partial charge in [0.2, 0.25) is 5.91 Å². The lowest BCUT2D eigenvalue weighted by molar-refractivity contribution is -0.122. The molecule has 6 nitrogen and oxygen atoms in total. The minimum absolute atomic E-state index is 0.0203. The summed E-state index contributed by atoms with van der Waals surface area (Å²) in [5.74, 6) is 0.00376. The first-order valence-electron chi connectivity index (χ1n) is 8.57. The Bertz CT molecular complexity index is 565. The number of aromatic nitrogens is 2. The van der Waals surface area contributed by atoms with Crippen molar-refractivity contribution in [2.75, 3.05) is 0 Å². The maximum absolute atomic E-state index is 12.6. The minimum atomic E-state index is -0.261. The van der Waals surface area contributed by atoms with Crippen LogP contribution in [-0.4, -0.2) is 27.6 Å². The molecule has 2 rings (SSSR count). The highest BCUT2D eigenvalue weighted by Crippen LogP contribution is 2.24. The van der Waals surface area contributed by atoms with E-state index in [1.165, 1.54) is 0 Å². The van der Waals surface area contributed by atoms with E-state index in [4.69, 9.17) is 5.73 Å². The Labute approximate surface area is 137 Å². The second kappa shape index (κ2) is 7.62. The van der Waals surface area contributed by atoms with Gasteiger partial charge in [0.1, 0.15) is 0 Å². The van der Waals surface area contributed by atoms with E-state index < -0.39 is 0 Å². The van der Waals surface area contributed by atoms with Crippen LogP contribution in [0.4, 0.5) is 0 Å². The fourth-order valence-corrected chi connectivity index (χ4v) is 3.32. The van der Waals surface area contributed by atoms with Gasteiger partial charge in [0.05, 0.1) is 17.5 Å². The number of rotatable bonds is 6. The fourth-order valence-electron chi connectivity index (χ4n) is 3.32. The van der Waals surface area contributed by atoms with Crippen molar-refractivity contribution in [3.63, 3.8) is 0 Å². The van der Waals surface area contributed by atoms with Crippen LogP contribution in [0, 0.1) is 11.8 Å². The number of hydrogen-bond acceptors (Lipinski definition) is 3. The van der Waals surface area contributed by atoms with E-state index in [-0.39, 0.29) is 23.8 Å². The Hall–Kier alpha value is -1.85. The Morgan fingerprint density at radius 2 is 2.17 bits per heavy atom. The molecule has 1 aliphatic carbocycles. The second-order valence-electron chi connectivity index (χ2n) is 6.87. The molecule has 1 fully saturated rings. The quantitative estimate of drug-likeness (QED) is 0.838. The molecular weight excluding hydrogens is 292 g/mol. The molecule has 6 heteroatoms. The molecule has 2 atom stereocenters. The fraction of sp³-hybridized carbons (Fsp3) is 0.706. The zero-order chi connectivity index (χ0) is 17.0. The van der Waals surface area contributed by atoms with Crippen LogP contribution in [0.15, 0.2) is 6.20 Å². The number of hydrogen-bond donors (Lipinski definition) is 2. The van der Waals surface area contributed by atoms with Gasteiger partial charge in [0.25, 0.3) is 5.91 Å². The minimum Gasteiger partial charge on any atom is -0.369 e. The number of carbonyl (C=O) groups is 2. The zero-order valence-electron chi connectivity index (χ0n) is 14.3. The number of primary amides is 1. The lowest BCUT2D eigenvalue weighted by Crippen LogP contribution is -2.41. The van der Waals surface area contributed by atoms with Crippen LogP contribution < -0.4 is 11.1 Å². The van der Waals surface area contributed by atoms with E-state index in [0.717, 1.165) is 37.9 Å². The number of nitrogens with one attached hydrogen (secondary N) is 1. The summed E-state index contributed by atoms with van der Waals surface area (Å²) in [6.45, 7) is 7.11. The van der Waals surface area contributed by atoms with Crippen LogP contribution in [0.2, 0.25) is 0 Å². The Morgan fingerprint density at radius 1 is 1.43 bits per heavy atom. The molecule has 0 radical (unpaired) electrons. The first-order chi connectivity index (χ1) is 10.9. The van der Waals surface area contributed by atoms with Gasteiger partial charge >= 0.3 is 0 Å². The maximum atomic E-state index is 12.6. The van der Waals surface area contributed by atoms with E-state index in [1.54, 1.807) is 6.20 Å². The highest BCUT2D eigenvalue weighted by atomic mass is 16.2. The van der Waals surface area contributed by atoms with Gasteiger partial charge in [-0.25, -0.2) is 0 Å². The van der Waals surface area contributed by atoms with Crippen molar-refractivity contribution in [3.05, 3.63) is 17.5 Å². The molecule has 0 aliphatic heterocycles. The van der Waals surface area contributed by atoms with Crippen molar-refractivity contribution >= 4 is 11.8 Å². The molecule has 3 N–H and O–H groups in total. The van der Waals surface area contributed by atoms with Gasteiger partial charge in [0, 0.05) is 18.5 Å². The van der Waals surface area contributed by atoms with Crippen molar-refractivity contribution < 1.29 is 9.59 Å². The molecule has 0 bridgehead atoms. The van der Waals surface area contributed by atoms with Gasteiger partial charge in [-0.3, -0.25) is 14.3 Å². The molecule has 1 aromatic rings. The number of carbonyl (C=O) groups excluding carboxylic acids is 2. The van der Waals surface area contributed by atoms with E-state index in [9.17, 15) is 9.59 Å². The molecule has 2 amide bonds. The SMILES string of the molecule is CCc1c(C(=O)NC2CCCC(C(N)=O)C2)cnn1CC(C)C. The van der Waals surface area contributed by atoms with E-state index in [2.05, 4.69) is 24.3 Å². The summed E-state index contributed by atoms with van der Waals surface area (Å²) < 4.78 is 1.92. The zero-order valence-corrected chi connectivity index (χ0v) is 14.3. The number of amides is 2. The van der Waals surface area contributed by atoms with Crippen molar-refractivity contribution in [2.45, 2.75) is 65.5 Å². The normalized spacial score (nSPS) is 21.4. The van der Waals surface area contributed by atoms with Crippen LogP contribution in [0.5, 0.6) is 0 Å². The number of nitrogens with two attached hydrogens (primary N) is 1. The van der Waals surface area contributed by atoms with Gasteiger partial charge in [-0.2, -0.15) is 5.10 Å². The summed E-state index contributed by atoms with van der Waals surface area (Å²) in [6, 6.07) is 0.0203. The Morgan fingerprint density at radius 3 is 2.78 bits per heavy atom. The summed E-state index contributed by atoms with van der Waals surface area (Å²) in [6.07, 6.45) is 5.72. The summed E-state index contributed by atoms with van der Waals surface area (Å²) >= 11 is 0. The second-order valence-corrected chi connectivity index (χ2v) is 6.87. The summed E-state index contributed by atoms with van der Waals surface area (Å²) in [7, 11) is 0. The molecule has 1 aromatic heterocycles. The third-order valence-corrected chi connectivity index (χ3v) is 4.48. The summed E-state index contributed by atoms with van der Waals surface area (Å²) in [5, 5.41) is 7.43. The average Bonchev–Trinajstić information content (AvgIpc) is 2.89. The topological polar surface area (TPSA) is 90.0 Å². The maximum Gasteiger partial charge on any atom is 0.254 e. The standard InChI is InChI=1S/C17H28N4O2/c1-4-15-14(9-19-21(15)10-11(2)3)17(23)20-13-7-5-6-12(8-13)16(18)22/h9,11-13H,4-8,10H2,1-3H3,(H2,18,22)(H,20,23). The molecule has 0 spiro atoms. The van der Waals surface area contributed by atoms with Gasteiger partial charge < -0.3 is 11.1 Å². The van der Waals surface area contributed by atoms with Crippen molar-refractivity contribution in [1.82, 2.24) is 15.1 Å². The molecule has 23 heavy (non-hydrogen) atoms. The van der Waals surface area contributed by atoms with Crippen LogP contribution in [-0.2, 0) is 17.8 Å². The van der Waals surface area contributed by atoms with E-state index in [0.29, 0.717) is 17.9 Å². The lowest BCUT2D eigenvalue weighted by atomic mass is 9.85. The van der Waals surface area contributed by atoms with Gasteiger partial charge in [0.15, 0.2) is 0 Å².